The van der Waals surface area contributed by atoms with Gasteiger partial charge >= 0.3 is 5.97 Å². The SMILES string of the molecule is C=COCCOC(=O)c1cccs1. The van der Waals surface area contributed by atoms with Crippen LogP contribution in [0.15, 0.2) is 30.4 Å². The number of carbonyl (C=O) groups excluding carboxylic acids is 1. The van der Waals surface area contributed by atoms with E-state index in [-0.39, 0.29) is 12.6 Å². The van der Waals surface area contributed by atoms with E-state index in [1.165, 1.54) is 17.6 Å². The maximum absolute atomic E-state index is 11.2. The smallest absolute Gasteiger partial charge is 0.348 e. The van der Waals surface area contributed by atoms with Gasteiger partial charge in [-0.15, -0.1) is 11.3 Å². The minimum Gasteiger partial charge on any atom is -0.498 e. The summed E-state index contributed by atoms with van der Waals surface area (Å²) in [5, 5.41) is 1.83. The fourth-order valence-corrected chi connectivity index (χ4v) is 1.35. The Kier molecular flexibility index (Phi) is 4.05. The zero-order valence-corrected chi connectivity index (χ0v) is 7.88. The van der Waals surface area contributed by atoms with E-state index in [4.69, 9.17) is 9.47 Å². The van der Waals surface area contributed by atoms with Crippen LogP contribution in [0.3, 0.4) is 0 Å². The summed E-state index contributed by atoms with van der Waals surface area (Å²) in [6, 6.07) is 3.53. The maximum Gasteiger partial charge on any atom is 0.348 e. The molecule has 1 aromatic heterocycles. The number of ether oxygens (including phenoxy) is 2. The molecule has 70 valence electrons. The summed E-state index contributed by atoms with van der Waals surface area (Å²) in [6.07, 6.45) is 1.32. The van der Waals surface area contributed by atoms with Gasteiger partial charge in [-0.2, -0.15) is 0 Å². The van der Waals surface area contributed by atoms with E-state index < -0.39 is 0 Å². The standard InChI is InChI=1S/C9H10O3S/c1-2-11-5-6-12-9(10)8-4-3-7-13-8/h2-4,7H,1,5-6H2. The molecule has 1 aromatic rings. The third-order valence-electron chi connectivity index (χ3n) is 1.27. The number of hydrogen-bond donors (Lipinski definition) is 0. The maximum atomic E-state index is 11.2. The average molecular weight is 198 g/mol. The molecule has 0 saturated carbocycles. The van der Waals surface area contributed by atoms with E-state index in [9.17, 15) is 4.79 Å². The summed E-state index contributed by atoms with van der Waals surface area (Å²) in [4.78, 5) is 11.8. The largest absolute Gasteiger partial charge is 0.498 e. The van der Waals surface area contributed by atoms with Crippen molar-refractivity contribution in [1.29, 1.82) is 0 Å². The number of thiophene rings is 1. The van der Waals surface area contributed by atoms with Crippen molar-refractivity contribution in [2.75, 3.05) is 13.2 Å². The van der Waals surface area contributed by atoms with Crippen LogP contribution in [0.5, 0.6) is 0 Å². The molecule has 1 heterocycles. The predicted octanol–water partition coefficient (Wildman–Crippen LogP) is 2.06. The Balaban J connectivity index is 2.23. The van der Waals surface area contributed by atoms with Crippen LogP contribution in [0, 0.1) is 0 Å². The van der Waals surface area contributed by atoms with Crippen LogP contribution in [0.2, 0.25) is 0 Å². The Bertz CT molecular complexity index is 266. The van der Waals surface area contributed by atoms with E-state index in [0.717, 1.165) is 0 Å². The summed E-state index contributed by atoms with van der Waals surface area (Å²) in [6.45, 7) is 3.97. The van der Waals surface area contributed by atoms with Crippen LogP contribution in [0.1, 0.15) is 9.67 Å². The van der Waals surface area contributed by atoms with Crippen LogP contribution >= 0.6 is 11.3 Å². The lowest BCUT2D eigenvalue weighted by Gasteiger charge is -2.01. The van der Waals surface area contributed by atoms with Gasteiger partial charge < -0.3 is 9.47 Å². The second-order valence-electron chi connectivity index (χ2n) is 2.15. The average Bonchev–Trinajstić information content (AvgIpc) is 2.65. The predicted molar refractivity (Wildman–Crippen MR) is 50.8 cm³/mol. The first-order chi connectivity index (χ1) is 6.34. The minimum atomic E-state index is -0.303. The molecule has 0 saturated heterocycles. The fourth-order valence-electron chi connectivity index (χ4n) is 0.732. The van der Waals surface area contributed by atoms with Crippen molar-refractivity contribution in [2.45, 2.75) is 0 Å². The molecule has 13 heavy (non-hydrogen) atoms. The highest BCUT2D eigenvalue weighted by molar-refractivity contribution is 7.11. The molecule has 0 aliphatic carbocycles. The lowest BCUT2D eigenvalue weighted by atomic mass is 10.5. The molecule has 0 unspecified atom stereocenters. The summed E-state index contributed by atoms with van der Waals surface area (Å²) in [5.74, 6) is -0.303. The molecule has 0 atom stereocenters. The Hall–Kier alpha value is -1.29. The zero-order valence-electron chi connectivity index (χ0n) is 7.06. The Morgan fingerprint density at radius 1 is 1.62 bits per heavy atom. The van der Waals surface area contributed by atoms with Crippen molar-refractivity contribution in [2.24, 2.45) is 0 Å². The summed E-state index contributed by atoms with van der Waals surface area (Å²) in [5.41, 5.74) is 0. The van der Waals surface area contributed by atoms with Crippen LogP contribution in [0.4, 0.5) is 0 Å². The molecule has 0 spiro atoms. The highest BCUT2D eigenvalue weighted by Gasteiger charge is 2.06. The quantitative estimate of drug-likeness (QED) is 0.413. The van der Waals surface area contributed by atoms with Crippen molar-refractivity contribution < 1.29 is 14.3 Å². The Morgan fingerprint density at radius 3 is 3.08 bits per heavy atom. The lowest BCUT2D eigenvalue weighted by Crippen LogP contribution is -2.08. The van der Waals surface area contributed by atoms with Gasteiger partial charge in [0.15, 0.2) is 0 Å². The molecule has 4 heteroatoms. The normalized spacial score (nSPS) is 9.23. The molecular formula is C9H10O3S. The lowest BCUT2D eigenvalue weighted by molar-refractivity contribution is 0.0426. The van der Waals surface area contributed by atoms with Gasteiger partial charge in [0.2, 0.25) is 0 Å². The highest BCUT2D eigenvalue weighted by Crippen LogP contribution is 2.09. The molecule has 0 N–H and O–H groups in total. The van der Waals surface area contributed by atoms with Gasteiger partial charge in [0.25, 0.3) is 0 Å². The van der Waals surface area contributed by atoms with Gasteiger partial charge in [-0.1, -0.05) is 12.6 Å². The van der Waals surface area contributed by atoms with Gasteiger partial charge in [-0.05, 0) is 11.4 Å². The van der Waals surface area contributed by atoms with E-state index in [2.05, 4.69) is 6.58 Å². The van der Waals surface area contributed by atoms with Crippen LogP contribution in [0.25, 0.3) is 0 Å². The second kappa shape index (κ2) is 5.37. The third kappa shape index (κ3) is 3.29. The van der Waals surface area contributed by atoms with E-state index in [1.807, 2.05) is 11.4 Å². The minimum absolute atomic E-state index is 0.253. The fraction of sp³-hybridized carbons (Fsp3) is 0.222. The van der Waals surface area contributed by atoms with Crippen LogP contribution < -0.4 is 0 Å². The first-order valence-electron chi connectivity index (χ1n) is 3.77. The van der Waals surface area contributed by atoms with Crippen molar-refractivity contribution >= 4 is 17.3 Å². The first-order valence-corrected chi connectivity index (χ1v) is 4.65. The topological polar surface area (TPSA) is 35.5 Å². The van der Waals surface area contributed by atoms with Gasteiger partial charge in [-0.25, -0.2) is 4.79 Å². The molecule has 1 rings (SSSR count). The summed E-state index contributed by atoms with van der Waals surface area (Å²) < 4.78 is 9.68. The molecule has 0 fully saturated rings. The number of rotatable bonds is 5. The number of carbonyl (C=O) groups is 1. The third-order valence-corrected chi connectivity index (χ3v) is 2.12. The molecule has 3 nitrogen and oxygen atoms in total. The van der Waals surface area contributed by atoms with Crippen LogP contribution in [-0.4, -0.2) is 19.2 Å². The molecule has 0 radical (unpaired) electrons. The van der Waals surface area contributed by atoms with E-state index in [0.29, 0.717) is 11.5 Å². The monoisotopic (exact) mass is 198 g/mol. The molecule has 0 amide bonds. The van der Waals surface area contributed by atoms with Gasteiger partial charge in [0, 0.05) is 0 Å². The molecule has 0 aliphatic heterocycles. The van der Waals surface area contributed by atoms with Gasteiger partial charge in [0.05, 0.1) is 6.26 Å². The van der Waals surface area contributed by atoms with E-state index >= 15 is 0 Å². The van der Waals surface area contributed by atoms with Gasteiger partial charge in [-0.3, -0.25) is 0 Å². The molecule has 0 bridgehead atoms. The molecule has 0 aliphatic rings. The summed E-state index contributed by atoms with van der Waals surface area (Å²) >= 11 is 1.36. The molecule has 0 aromatic carbocycles. The second-order valence-corrected chi connectivity index (χ2v) is 3.10. The molecular weight excluding hydrogens is 188 g/mol. The van der Waals surface area contributed by atoms with Crippen molar-refractivity contribution in [1.82, 2.24) is 0 Å². The zero-order chi connectivity index (χ0) is 9.52. The van der Waals surface area contributed by atoms with Crippen LogP contribution in [-0.2, 0) is 9.47 Å². The van der Waals surface area contributed by atoms with Crippen molar-refractivity contribution in [3.05, 3.63) is 35.2 Å². The van der Waals surface area contributed by atoms with E-state index in [1.54, 1.807) is 6.07 Å². The number of hydrogen-bond acceptors (Lipinski definition) is 4. The van der Waals surface area contributed by atoms with Crippen molar-refractivity contribution in [3.63, 3.8) is 0 Å². The first kappa shape index (κ1) is 9.80. The Morgan fingerprint density at radius 2 is 2.46 bits per heavy atom. The number of esters is 1. The summed E-state index contributed by atoms with van der Waals surface area (Å²) in [7, 11) is 0. The van der Waals surface area contributed by atoms with Gasteiger partial charge in [0.1, 0.15) is 18.1 Å². The van der Waals surface area contributed by atoms with Crippen molar-refractivity contribution in [3.8, 4) is 0 Å². The highest BCUT2D eigenvalue weighted by atomic mass is 32.1. The Labute approximate surface area is 80.6 Å².